The molecule has 1 aliphatic heterocycles. The van der Waals surface area contributed by atoms with Crippen LogP contribution in [0.15, 0.2) is 12.1 Å². The number of carbonyl (C=O) groups is 1. The van der Waals surface area contributed by atoms with Crippen LogP contribution in [0.3, 0.4) is 0 Å². The van der Waals surface area contributed by atoms with Crippen molar-refractivity contribution in [1.82, 2.24) is 10.2 Å². The number of primary amides is 1. The summed E-state index contributed by atoms with van der Waals surface area (Å²) in [4.78, 5) is 13.3. The lowest BCUT2D eigenvalue weighted by molar-refractivity contribution is -0.119. The zero-order chi connectivity index (χ0) is 18.1. The Morgan fingerprint density at radius 3 is 2.63 bits per heavy atom. The van der Waals surface area contributed by atoms with Crippen LogP contribution in [0.25, 0.3) is 0 Å². The highest BCUT2D eigenvalue weighted by Gasteiger charge is 2.14. The number of benzene rings is 1. The van der Waals surface area contributed by atoms with Crippen molar-refractivity contribution in [3.8, 4) is 11.5 Å². The van der Waals surface area contributed by atoms with Gasteiger partial charge in [0, 0.05) is 32.7 Å². The van der Waals surface area contributed by atoms with Gasteiger partial charge in [-0.2, -0.15) is 0 Å². The summed E-state index contributed by atoms with van der Waals surface area (Å²) in [5.41, 5.74) is 6.11. The maximum absolute atomic E-state index is 10.9. The van der Waals surface area contributed by atoms with Crippen LogP contribution in [-0.2, 0) is 16.1 Å². The van der Waals surface area contributed by atoms with Gasteiger partial charge in [0.15, 0.2) is 18.1 Å². The van der Waals surface area contributed by atoms with Crippen molar-refractivity contribution in [3.63, 3.8) is 0 Å². The van der Waals surface area contributed by atoms with Crippen LogP contribution < -0.4 is 45.3 Å². The summed E-state index contributed by atoms with van der Waals surface area (Å²) >= 11 is 6.28. The van der Waals surface area contributed by atoms with E-state index in [2.05, 4.69) is 10.2 Å². The smallest absolute Gasteiger partial charge is 0.255 e. The van der Waals surface area contributed by atoms with E-state index < -0.39 is 5.91 Å². The van der Waals surface area contributed by atoms with Crippen LogP contribution in [0.5, 0.6) is 11.5 Å². The molecule has 2 rings (SSSR count). The second-order valence-corrected chi connectivity index (χ2v) is 6.13. The van der Waals surface area contributed by atoms with E-state index in [-0.39, 0.29) is 31.4 Å². The predicted octanol–water partition coefficient (Wildman–Crippen LogP) is -4.97. The molecule has 0 radical (unpaired) electrons. The Labute approximate surface area is 177 Å². The van der Waals surface area contributed by atoms with Gasteiger partial charge in [0.25, 0.3) is 5.91 Å². The molecule has 1 aliphatic rings. The largest absolute Gasteiger partial charge is 1.00 e. The predicted molar refractivity (Wildman–Crippen MR) is 96.3 cm³/mol. The lowest BCUT2D eigenvalue weighted by Crippen LogP contribution is -3.00. The van der Waals surface area contributed by atoms with E-state index in [0.717, 1.165) is 45.0 Å². The zero-order valence-corrected chi connectivity index (χ0v) is 17.6. The van der Waals surface area contributed by atoms with Crippen molar-refractivity contribution in [2.45, 2.75) is 13.5 Å². The van der Waals surface area contributed by atoms with Gasteiger partial charge in [-0.15, -0.1) is 0 Å². The maximum atomic E-state index is 10.9. The summed E-state index contributed by atoms with van der Waals surface area (Å²) in [5.74, 6) is 0.299. The molecule has 1 heterocycles. The number of rotatable bonds is 10. The Balaban J connectivity index is 0.00000338. The number of ether oxygens (including phenoxy) is 3. The Bertz CT molecular complexity index is 573. The number of halogens is 3. The molecule has 0 aromatic heterocycles. The quantitative estimate of drug-likeness (QED) is 0.353. The van der Waals surface area contributed by atoms with Crippen molar-refractivity contribution in [2.75, 3.05) is 52.6 Å². The van der Waals surface area contributed by atoms with Crippen molar-refractivity contribution < 1.29 is 43.8 Å². The maximum Gasteiger partial charge on any atom is 0.255 e. The lowest BCUT2D eigenvalue weighted by atomic mass is 10.2. The van der Waals surface area contributed by atoms with Gasteiger partial charge < -0.3 is 50.1 Å². The number of amides is 1. The third kappa shape index (κ3) is 9.19. The molecule has 1 amide bonds. The summed E-state index contributed by atoms with van der Waals surface area (Å²) in [6, 6.07) is 3.68. The molecule has 0 aliphatic carbocycles. The first-order valence-electron chi connectivity index (χ1n) is 8.47. The molecule has 0 atom stereocenters. The first kappa shape index (κ1) is 26.0. The summed E-state index contributed by atoms with van der Waals surface area (Å²) in [6.45, 7) is 8.20. The third-order valence-corrected chi connectivity index (χ3v) is 4.05. The van der Waals surface area contributed by atoms with Crippen LogP contribution in [0.4, 0.5) is 0 Å². The van der Waals surface area contributed by atoms with E-state index in [1.807, 2.05) is 19.1 Å². The van der Waals surface area contributed by atoms with Gasteiger partial charge in [-0.25, -0.2) is 0 Å². The number of carbonyl (C=O) groups excluding carboxylic acids is 1. The first-order valence-corrected chi connectivity index (χ1v) is 8.85. The number of nitrogens with two attached hydrogens (primary N) is 1. The summed E-state index contributed by atoms with van der Waals surface area (Å²) < 4.78 is 16.3. The van der Waals surface area contributed by atoms with Crippen LogP contribution in [0.2, 0.25) is 5.02 Å². The number of hydrogen-bond acceptors (Lipinski definition) is 6. The van der Waals surface area contributed by atoms with E-state index in [9.17, 15) is 4.79 Å². The number of hydrogen-bond donors (Lipinski definition) is 2. The van der Waals surface area contributed by atoms with E-state index in [1.54, 1.807) is 0 Å². The minimum Gasteiger partial charge on any atom is -1.00 e. The summed E-state index contributed by atoms with van der Waals surface area (Å²) in [6.07, 6.45) is 0. The molecule has 156 valence electrons. The fourth-order valence-corrected chi connectivity index (χ4v) is 2.85. The average Bonchev–Trinajstić information content (AvgIpc) is 2.59. The van der Waals surface area contributed by atoms with Gasteiger partial charge in [0.1, 0.15) is 0 Å². The van der Waals surface area contributed by atoms with Crippen molar-refractivity contribution >= 4 is 17.5 Å². The molecular weight excluding hydrogens is 417 g/mol. The molecule has 10 heteroatoms. The molecule has 1 aromatic rings. The molecule has 1 aromatic carbocycles. The zero-order valence-electron chi connectivity index (χ0n) is 15.3. The van der Waals surface area contributed by atoms with E-state index in [1.165, 1.54) is 0 Å². The molecule has 0 bridgehead atoms. The molecule has 0 saturated carbocycles. The highest BCUT2D eigenvalue weighted by atomic mass is 35.5. The van der Waals surface area contributed by atoms with E-state index in [0.29, 0.717) is 29.7 Å². The van der Waals surface area contributed by atoms with Crippen molar-refractivity contribution in [3.05, 3.63) is 22.7 Å². The molecule has 0 spiro atoms. The molecule has 1 saturated heterocycles. The SMILES string of the molecule is CCOc1cc(CNCCN2CCOCC2)cc(Cl)c1OCC(N)=O.[Cl-].[Cl-]. The Hall–Kier alpha value is -0.960. The van der Waals surface area contributed by atoms with Gasteiger partial charge in [-0.3, -0.25) is 9.69 Å². The topological polar surface area (TPSA) is 86.1 Å². The first-order chi connectivity index (χ1) is 12.1. The van der Waals surface area contributed by atoms with Crippen LogP contribution in [0, 0.1) is 0 Å². The monoisotopic (exact) mass is 441 g/mol. The van der Waals surface area contributed by atoms with E-state index >= 15 is 0 Å². The van der Waals surface area contributed by atoms with Crippen LogP contribution in [0.1, 0.15) is 12.5 Å². The highest BCUT2D eigenvalue weighted by molar-refractivity contribution is 6.32. The highest BCUT2D eigenvalue weighted by Crippen LogP contribution is 2.36. The molecule has 0 unspecified atom stereocenters. The van der Waals surface area contributed by atoms with Gasteiger partial charge in [-0.1, -0.05) is 11.6 Å². The van der Waals surface area contributed by atoms with Crippen LogP contribution in [-0.4, -0.2) is 63.4 Å². The summed E-state index contributed by atoms with van der Waals surface area (Å²) in [7, 11) is 0. The Morgan fingerprint density at radius 1 is 1.30 bits per heavy atom. The fourth-order valence-electron chi connectivity index (χ4n) is 2.56. The second kappa shape index (κ2) is 14.1. The third-order valence-electron chi connectivity index (χ3n) is 3.77. The second-order valence-electron chi connectivity index (χ2n) is 5.72. The molecule has 7 nitrogen and oxygen atoms in total. The van der Waals surface area contributed by atoms with Gasteiger partial charge in [0.05, 0.1) is 24.8 Å². The minimum atomic E-state index is -0.563. The van der Waals surface area contributed by atoms with Gasteiger partial charge in [0.2, 0.25) is 0 Å². The number of nitrogens with one attached hydrogen (secondary N) is 1. The molecule has 1 fully saturated rings. The normalized spacial score (nSPS) is 14.0. The standard InChI is InChI=1S/C17H26ClN3O4.2ClH/c1-2-24-15-10-13(9-14(18)17(15)25-12-16(19)22)11-20-3-4-21-5-7-23-8-6-21;;/h9-10,20H,2-8,11-12H2,1H3,(H2,19,22);2*1H/p-2. The molecule has 27 heavy (non-hydrogen) atoms. The van der Waals surface area contributed by atoms with Gasteiger partial charge in [-0.05, 0) is 24.6 Å². The number of nitrogens with zero attached hydrogens (tertiary/aromatic N) is 1. The van der Waals surface area contributed by atoms with Crippen molar-refractivity contribution in [1.29, 1.82) is 0 Å². The molecule has 3 N–H and O–H groups in total. The lowest BCUT2D eigenvalue weighted by Gasteiger charge is -2.26. The Morgan fingerprint density at radius 2 is 2.00 bits per heavy atom. The fraction of sp³-hybridized carbons (Fsp3) is 0.588. The average molecular weight is 443 g/mol. The minimum absolute atomic E-state index is 0. The van der Waals surface area contributed by atoms with E-state index in [4.69, 9.17) is 31.5 Å². The van der Waals surface area contributed by atoms with Crippen LogP contribution >= 0.6 is 11.6 Å². The molecular formula is C17H26Cl3N3O4-2. The van der Waals surface area contributed by atoms with Gasteiger partial charge >= 0.3 is 0 Å². The van der Waals surface area contributed by atoms with Crippen molar-refractivity contribution in [2.24, 2.45) is 5.73 Å². The summed E-state index contributed by atoms with van der Waals surface area (Å²) in [5, 5.41) is 3.80. The number of morpholine rings is 1. The Kier molecular flexibility index (Phi) is 13.6.